The van der Waals surface area contributed by atoms with Crippen molar-refractivity contribution in [2.75, 3.05) is 13.7 Å². The zero-order valence-electron chi connectivity index (χ0n) is 12.1. The van der Waals surface area contributed by atoms with Crippen LogP contribution in [-0.4, -0.2) is 18.8 Å². The van der Waals surface area contributed by atoms with Crippen LogP contribution in [0.15, 0.2) is 40.8 Å². The van der Waals surface area contributed by atoms with Gasteiger partial charge >= 0.3 is 0 Å². The van der Waals surface area contributed by atoms with Gasteiger partial charge in [-0.15, -0.1) is 0 Å². The third-order valence-electron chi connectivity index (χ3n) is 3.25. The molecule has 0 spiro atoms. The Bertz CT molecular complexity index is 560. The van der Waals surface area contributed by atoms with Gasteiger partial charge < -0.3 is 19.6 Å². The fraction of sp³-hybridized carbons (Fsp3) is 0.375. The number of ether oxygens (including phenoxy) is 1. The van der Waals surface area contributed by atoms with E-state index in [0.717, 1.165) is 17.1 Å². The second-order valence-corrected chi connectivity index (χ2v) is 5.10. The van der Waals surface area contributed by atoms with Crippen LogP contribution in [0, 0.1) is 6.92 Å². The van der Waals surface area contributed by atoms with Crippen molar-refractivity contribution < 1.29 is 14.3 Å². The van der Waals surface area contributed by atoms with Crippen molar-refractivity contribution >= 4 is 0 Å². The summed E-state index contributed by atoms with van der Waals surface area (Å²) in [6.07, 6.45) is 0. The largest absolute Gasteiger partial charge is 0.496 e. The van der Waals surface area contributed by atoms with Crippen LogP contribution in [0.25, 0.3) is 0 Å². The molecule has 0 saturated carbocycles. The molecule has 0 aliphatic rings. The van der Waals surface area contributed by atoms with Gasteiger partial charge in [-0.1, -0.05) is 18.2 Å². The van der Waals surface area contributed by atoms with E-state index in [1.165, 1.54) is 0 Å². The van der Waals surface area contributed by atoms with Crippen LogP contribution >= 0.6 is 0 Å². The number of nitrogens with one attached hydrogen (secondary N) is 1. The monoisotopic (exact) mass is 275 g/mol. The maximum atomic E-state index is 10.4. The summed E-state index contributed by atoms with van der Waals surface area (Å²) >= 11 is 0. The van der Waals surface area contributed by atoms with Crippen molar-refractivity contribution in [2.24, 2.45) is 0 Å². The fourth-order valence-electron chi connectivity index (χ4n) is 2.10. The minimum atomic E-state index is -1.03. The first-order chi connectivity index (χ1) is 9.53. The topological polar surface area (TPSA) is 54.6 Å². The first-order valence-corrected chi connectivity index (χ1v) is 6.65. The second-order valence-electron chi connectivity index (χ2n) is 5.10. The number of hydrogen-bond donors (Lipinski definition) is 2. The normalized spacial score (nSPS) is 14.0. The molecule has 1 unspecified atom stereocenters. The summed E-state index contributed by atoms with van der Waals surface area (Å²) < 4.78 is 10.8. The lowest BCUT2D eigenvalue weighted by atomic mass is 10.0. The molecule has 20 heavy (non-hydrogen) atoms. The van der Waals surface area contributed by atoms with E-state index >= 15 is 0 Å². The van der Waals surface area contributed by atoms with Crippen molar-refractivity contribution in [3.63, 3.8) is 0 Å². The lowest BCUT2D eigenvalue weighted by molar-refractivity contribution is 0.0332. The zero-order valence-corrected chi connectivity index (χ0v) is 12.1. The van der Waals surface area contributed by atoms with Gasteiger partial charge in [0, 0.05) is 18.7 Å². The highest BCUT2D eigenvalue weighted by Gasteiger charge is 2.26. The van der Waals surface area contributed by atoms with Crippen molar-refractivity contribution in [1.29, 1.82) is 0 Å². The maximum absolute atomic E-state index is 10.4. The van der Waals surface area contributed by atoms with E-state index < -0.39 is 5.60 Å². The van der Waals surface area contributed by atoms with Gasteiger partial charge in [0.1, 0.15) is 22.9 Å². The van der Waals surface area contributed by atoms with Crippen LogP contribution in [0.5, 0.6) is 5.75 Å². The van der Waals surface area contributed by atoms with Crippen LogP contribution in [0.2, 0.25) is 0 Å². The Morgan fingerprint density at radius 1 is 1.25 bits per heavy atom. The van der Waals surface area contributed by atoms with Crippen molar-refractivity contribution in [3.05, 3.63) is 53.5 Å². The molecule has 0 saturated heterocycles. The molecule has 1 aromatic carbocycles. The Labute approximate surface area is 119 Å². The minimum Gasteiger partial charge on any atom is -0.496 e. The SMILES string of the molecule is COc1ccccc1CNCC(C)(O)c1ccc(C)o1. The zero-order chi connectivity index (χ0) is 14.6. The van der Waals surface area contributed by atoms with Gasteiger partial charge in [0.05, 0.1) is 7.11 Å². The smallest absolute Gasteiger partial charge is 0.136 e. The molecule has 2 rings (SSSR count). The predicted octanol–water partition coefficient (Wildman–Crippen LogP) is 2.59. The molecule has 2 aromatic rings. The summed E-state index contributed by atoms with van der Waals surface area (Å²) in [7, 11) is 1.65. The van der Waals surface area contributed by atoms with E-state index in [4.69, 9.17) is 9.15 Å². The summed E-state index contributed by atoms with van der Waals surface area (Å²) in [6, 6.07) is 11.5. The Kier molecular flexibility index (Phi) is 4.47. The lowest BCUT2D eigenvalue weighted by Crippen LogP contribution is -2.34. The number of rotatable bonds is 6. The number of aryl methyl sites for hydroxylation is 1. The number of benzene rings is 1. The van der Waals surface area contributed by atoms with E-state index in [-0.39, 0.29) is 0 Å². The number of para-hydroxylation sites is 1. The number of aliphatic hydroxyl groups is 1. The Morgan fingerprint density at radius 2 is 2.00 bits per heavy atom. The maximum Gasteiger partial charge on any atom is 0.136 e. The van der Waals surface area contributed by atoms with Gasteiger partial charge in [0.2, 0.25) is 0 Å². The first kappa shape index (κ1) is 14.6. The van der Waals surface area contributed by atoms with Crippen molar-refractivity contribution in [2.45, 2.75) is 26.0 Å². The quantitative estimate of drug-likeness (QED) is 0.851. The van der Waals surface area contributed by atoms with Crippen LogP contribution < -0.4 is 10.1 Å². The molecule has 0 fully saturated rings. The highest BCUT2D eigenvalue weighted by molar-refractivity contribution is 5.33. The van der Waals surface area contributed by atoms with E-state index in [2.05, 4.69) is 5.32 Å². The highest BCUT2D eigenvalue weighted by Crippen LogP contribution is 2.22. The number of hydrogen-bond acceptors (Lipinski definition) is 4. The molecule has 4 nitrogen and oxygen atoms in total. The number of furan rings is 1. The van der Waals surface area contributed by atoms with E-state index in [1.54, 1.807) is 20.1 Å². The Balaban J connectivity index is 1.95. The lowest BCUT2D eigenvalue weighted by Gasteiger charge is -2.21. The summed E-state index contributed by atoms with van der Waals surface area (Å²) in [5.41, 5.74) is 0.0254. The predicted molar refractivity (Wildman–Crippen MR) is 77.7 cm³/mol. The molecule has 4 heteroatoms. The second kappa shape index (κ2) is 6.11. The molecular formula is C16H21NO3. The fourth-order valence-corrected chi connectivity index (χ4v) is 2.10. The van der Waals surface area contributed by atoms with Crippen LogP contribution in [-0.2, 0) is 12.1 Å². The highest BCUT2D eigenvalue weighted by atomic mass is 16.5. The standard InChI is InChI=1S/C16H21NO3/c1-12-8-9-15(20-12)16(2,18)11-17-10-13-6-4-5-7-14(13)19-3/h4-9,17-18H,10-11H2,1-3H3. The van der Waals surface area contributed by atoms with Gasteiger partial charge in [-0.3, -0.25) is 0 Å². The van der Waals surface area contributed by atoms with Crippen molar-refractivity contribution in [1.82, 2.24) is 5.32 Å². The number of methoxy groups -OCH3 is 1. The molecule has 1 aromatic heterocycles. The molecular weight excluding hydrogens is 254 g/mol. The molecule has 0 bridgehead atoms. The van der Waals surface area contributed by atoms with Gasteiger partial charge in [-0.25, -0.2) is 0 Å². The van der Waals surface area contributed by atoms with E-state index in [1.807, 2.05) is 37.3 Å². The van der Waals surface area contributed by atoms with Gasteiger partial charge in [0.25, 0.3) is 0 Å². The summed E-state index contributed by atoms with van der Waals surface area (Å²) in [5.74, 6) is 2.21. The average Bonchev–Trinajstić information content (AvgIpc) is 2.87. The van der Waals surface area contributed by atoms with Gasteiger partial charge in [-0.2, -0.15) is 0 Å². The molecule has 2 N–H and O–H groups in total. The van der Waals surface area contributed by atoms with Crippen LogP contribution in [0.4, 0.5) is 0 Å². The Morgan fingerprint density at radius 3 is 2.65 bits per heavy atom. The van der Waals surface area contributed by atoms with E-state index in [9.17, 15) is 5.11 Å². The molecule has 108 valence electrons. The van der Waals surface area contributed by atoms with Crippen LogP contribution in [0.3, 0.4) is 0 Å². The summed E-state index contributed by atoms with van der Waals surface area (Å²) in [4.78, 5) is 0. The third kappa shape index (κ3) is 3.40. The molecule has 0 aliphatic carbocycles. The molecule has 0 amide bonds. The minimum absolute atomic E-state index is 0.401. The van der Waals surface area contributed by atoms with Crippen LogP contribution in [0.1, 0.15) is 24.0 Å². The average molecular weight is 275 g/mol. The molecule has 0 radical (unpaired) electrons. The third-order valence-corrected chi connectivity index (χ3v) is 3.25. The van der Waals surface area contributed by atoms with E-state index in [0.29, 0.717) is 18.8 Å². The summed E-state index contributed by atoms with van der Waals surface area (Å²) in [6.45, 7) is 4.63. The van der Waals surface area contributed by atoms with Crippen molar-refractivity contribution in [3.8, 4) is 5.75 Å². The summed E-state index contributed by atoms with van der Waals surface area (Å²) in [5, 5.41) is 13.7. The van der Waals surface area contributed by atoms with Gasteiger partial charge in [-0.05, 0) is 32.0 Å². The Hall–Kier alpha value is -1.78. The molecule has 1 atom stereocenters. The molecule has 1 heterocycles. The first-order valence-electron chi connectivity index (χ1n) is 6.65. The molecule has 0 aliphatic heterocycles. The van der Waals surface area contributed by atoms with Gasteiger partial charge in [0.15, 0.2) is 0 Å².